The Balaban J connectivity index is 1.48. The lowest BCUT2D eigenvalue weighted by atomic mass is 9.98. The number of pyridine rings is 1. The number of likely N-dealkylation sites (tertiary alicyclic amines) is 1. The standard InChI is InChI=1S/C21H26N5O3/c1-14-6-7-17-18(23-14)26(21(28)20(27)24(17)2)16-8-11-25(12-9-16)13-15-5-4-10-22-19(15)29-3/h4-7,10,16,18H,8-9,11-13H2,1-3H3/q+1. The SMILES string of the molecule is COc1ncccc1CN1CCC(N2C(=O)C(=O)[N+](C)=C3C=CC(C)=NC32)CC1. The quantitative estimate of drug-likeness (QED) is 0.557. The minimum atomic E-state index is -0.488. The lowest BCUT2D eigenvalue weighted by Gasteiger charge is -2.41. The van der Waals surface area contributed by atoms with Crippen molar-refractivity contribution in [3.8, 4) is 5.88 Å². The molecule has 0 saturated carbocycles. The Morgan fingerprint density at radius 1 is 1.24 bits per heavy atom. The van der Waals surface area contributed by atoms with Crippen LogP contribution in [0.5, 0.6) is 5.88 Å². The number of fused-ring (bicyclic) bond motifs is 1. The average molecular weight is 396 g/mol. The van der Waals surface area contributed by atoms with Crippen LogP contribution in [-0.2, 0) is 16.1 Å². The van der Waals surface area contributed by atoms with Crippen molar-refractivity contribution in [3.63, 3.8) is 0 Å². The van der Waals surface area contributed by atoms with Crippen LogP contribution >= 0.6 is 0 Å². The van der Waals surface area contributed by atoms with E-state index >= 15 is 0 Å². The summed E-state index contributed by atoms with van der Waals surface area (Å²) in [5, 5.41) is 0. The Morgan fingerprint density at radius 2 is 2.00 bits per heavy atom. The summed E-state index contributed by atoms with van der Waals surface area (Å²) < 4.78 is 6.78. The van der Waals surface area contributed by atoms with Crippen molar-refractivity contribution in [2.45, 2.75) is 38.5 Å². The van der Waals surface area contributed by atoms with Gasteiger partial charge in [0.05, 0.1) is 7.11 Å². The van der Waals surface area contributed by atoms with E-state index in [9.17, 15) is 9.59 Å². The third-order valence-corrected chi connectivity index (χ3v) is 5.85. The molecule has 0 spiro atoms. The molecular formula is C21H26N5O3+. The number of ether oxygens (including phenoxy) is 1. The maximum Gasteiger partial charge on any atom is 0.477 e. The first-order valence-electron chi connectivity index (χ1n) is 9.89. The van der Waals surface area contributed by atoms with Gasteiger partial charge in [-0.2, -0.15) is 4.58 Å². The molecule has 152 valence electrons. The monoisotopic (exact) mass is 396 g/mol. The second-order valence-corrected chi connectivity index (χ2v) is 7.66. The predicted molar refractivity (Wildman–Crippen MR) is 108 cm³/mol. The molecule has 0 aromatic carbocycles. The molecule has 29 heavy (non-hydrogen) atoms. The van der Waals surface area contributed by atoms with Crippen LogP contribution in [0.3, 0.4) is 0 Å². The van der Waals surface area contributed by atoms with Crippen molar-refractivity contribution in [3.05, 3.63) is 36.0 Å². The van der Waals surface area contributed by atoms with Gasteiger partial charge in [0.25, 0.3) is 0 Å². The first kappa shape index (κ1) is 19.4. The van der Waals surface area contributed by atoms with Crippen LogP contribution in [0.1, 0.15) is 25.3 Å². The zero-order chi connectivity index (χ0) is 20.5. The Kier molecular flexibility index (Phi) is 5.27. The van der Waals surface area contributed by atoms with E-state index in [0.717, 1.165) is 49.5 Å². The number of nitrogens with zero attached hydrogens (tertiary/aromatic N) is 5. The Labute approximate surface area is 170 Å². The van der Waals surface area contributed by atoms with Gasteiger partial charge in [-0.25, -0.2) is 9.78 Å². The zero-order valence-electron chi connectivity index (χ0n) is 17.0. The van der Waals surface area contributed by atoms with Crippen molar-refractivity contribution < 1.29 is 18.9 Å². The Morgan fingerprint density at radius 3 is 2.72 bits per heavy atom. The van der Waals surface area contributed by atoms with E-state index in [2.05, 4.69) is 14.9 Å². The normalized spacial score (nSPS) is 23.3. The van der Waals surface area contributed by atoms with Gasteiger partial charge in [-0.3, -0.25) is 19.6 Å². The molecule has 2 amide bonds. The van der Waals surface area contributed by atoms with Gasteiger partial charge in [0, 0.05) is 49.2 Å². The van der Waals surface area contributed by atoms with Crippen molar-refractivity contribution in [2.75, 3.05) is 27.2 Å². The summed E-state index contributed by atoms with van der Waals surface area (Å²) in [6.45, 7) is 4.32. The number of allylic oxidation sites excluding steroid dienone is 1. The fraction of sp³-hybridized carbons (Fsp3) is 0.476. The number of methoxy groups -OCH3 is 1. The lowest BCUT2D eigenvalue weighted by Crippen LogP contribution is -2.61. The highest BCUT2D eigenvalue weighted by atomic mass is 16.5. The molecular weight excluding hydrogens is 370 g/mol. The largest absolute Gasteiger partial charge is 0.481 e. The van der Waals surface area contributed by atoms with Crippen molar-refractivity contribution in [1.82, 2.24) is 14.8 Å². The topological polar surface area (TPSA) is 78.1 Å². The fourth-order valence-corrected chi connectivity index (χ4v) is 4.26. The minimum Gasteiger partial charge on any atom is -0.481 e. The Hall–Kier alpha value is -2.87. The number of hydrogen-bond donors (Lipinski definition) is 0. The van der Waals surface area contributed by atoms with Crippen LogP contribution in [-0.4, -0.2) is 82.1 Å². The maximum absolute atomic E-state index is 12.8. The number of carbonyl (C=O) groups excluding carboxylic acids is 2. The van der Waals surface area contributed by atoms with Crippen LogP contribution < -0.4 is 4.74 Å². The molecule has 1 aromatic heterocycles. The summed E-state index contributed by atoms with van der Waals surface area (Å²) in [7, 11) is 3.27. The van der Waals surface area contributed by atoms with Crippen molar-refractivity contribution in [2.24, 2.45) is 4.99 Å². The Bertz CT molecular complexity index is 928. The van der Waals surface area contributed by atoms with Crippen molar-refractivity contribution in [1.29, 1.82) is 0 Å². The molecule has 0 aliphatic carbocycles. The molecule has 4 heterocycles. The van der Waals surface area contributed by atoms with Crippen molar-refractivity contribution >= 4 is 23.2 Å². The molecule has 1 saturated heterocycles. The summed E-state index contributed by atoms with van der Waals surface area (Å²) in [6.07, 6.45) is 6.69. The van der Waals surface area contributed by atoms with Crippen LogP contribution in [0.15, 0.2) is 35.5 Å². The number of piperidine rings is 1. The number of hydrogen-bond acceptors (Lipinski definition) is 6. The summed E-state index contributed by atoms with van der Waals surface area (Å²) in [5.41, 5.74) is 2.68. The van der Waals surface area contributed by atoms with E-state index in [1.54, 1.807) is 25.3 Å². The lowest BCUT2D eigenvalue weighted by molar-refractivity contribution is -0.419. The van der Waals surface area contributed by atoms with Crippen LogP contribution in [0, 0.1) is 0 Å². The average Bonchev–Trinajstić information content (AvgIpc) is 2.74. The molecule has 0 N–H and O–H groups in total. The summed E-state index contributed by atoms with van der Waals surface area (Å²) in [5.74, 6) is -0.300. The molecule has 8 nitrogen and oxygen atoms in total. The van der Waals surface area contributed by atoms with Gasteiger partial charge in [-0.1, -0.05) is 6.07 Å². The zero-order valence-corrected chi connectivity index (χ0v) is 17.0. The predicted octanol–water partition coefficient (Wildman–Crippen LogP) is 0.864. The third kappa shape index (κ3) is 3.60. The van der Waals surface area contributed by atoms with Gasteiger partial charge in [-0.05, 0) is 31.9 Å². The van der Waals surface area contributed by atoms with E-state index in [1.165, 1.54) is 4.58 Å². The molecule has 4 rings (SSSR count). The molecule has 0 bridgehead atoms. The maximum atomic E-state index is 12.8. The number of carbonyl (C=O) groups is 2. The summed E-state index contributed by atoms with van der Waals surface area (Å²) in [6, 6.07) is 3.93. The third-order valence-electron chi connectivity index (χ3n) is 5.85. The van der Waals surface area contributed by atoms with E-state index in [1.807, 2.05) is 31.2 Å². The molecule has 3 aliphatic rings. The fourth-order valence-electron chi connectivity index (χ4n) is 4.26. The summed E-state index contributed by atoms with van der Waals surface area (Å²) >= 11 is 0. The van der Waals surface area contributed by atoms with Crippen LogP contribution in [0.2, 0.25) is 0 Å². The molecule has 1 unspecified atom stereocenters. The highest BCUT2D eigenvalue weighted by Gasteiger charge is 2.49. The van der Waals surface area contributed by atoms with E-state index in [-0.39, 0.29) is 6.04 Å². The van der Waals surface area contributed by atoms with Gasteiger partial charge in [0.1, 0.15) is 7.05 Å². The summed E-state index contributed by atoms with van der Waals surface area (Å²) in [4.78, 5) is 38.3. The first-order chi connectivity index (χ1) is 14.0. The number of amides is 2. The number of aromatic nitrogens is 1. The first-order valence-corrected chi connectivity index (χ1v) is 9.89. The van der Waals surface area contributed by atoms with Gasteiger partial charge in [0.15, 0.2) is 0 Å². The van der Waals surface area contributed by atoms with E-state index < -0.39 is 18.0 Å². The van der Waals surface area contributed by atoms with Gasteiger partial charge in [0.2, 0.25) is 17.8 Å². The number of dihydropyridines is 1. The number of aliphatic imine (C=N–C) groups is 1. The van der Waals surface area contributed by atoms with E-state index in [4.69, 9.17) is 4.74 Å². The molecule has 1 aromatic rings. The molecule has 1 atom stereocenters. The molecule has 3 aliphatic heterocycles. The van der Waals surface area contributed by atoms with Crippen LogP contribution in [0.25, 0.3) is 0 Å². The smallest absolute Gasteiger partial charge is 0.477 e. The molecule has 0 radical (unpaired) electrons. The number of likely N-dealkylation sites (N-methyl/N-ethyl adjacent to an activating group) is 1. The minimum absolute atomic E-state index is 0.00440. The second kappa shape index (κ2) is 7.87. The highest BCUT2D eigenvalue weighted by molar-refractivity contribution is 6.35. The van der Waals surface area contributed by atoms with Gasteiger partial charge in [-0.15, -0.1) is 0 Å². The van der Waals surface area contributed by atoms with Crippen LogP contribution in [0.4, 0.5) is 0 Å². The number of rotatable bonds is 4. The van der Waals surface area contributed by atoms with E-state index in [0.29, 0.717) is 5.88 Å². The van der Waals surface area contributed by atoms with Gasteiger partial charge < -0.3 is 4.74 Å². The highest BCUT2D eigenvalue weighted by Crippen LogP contribution is 2.26. The molecule has 8 heteroatoms. The molecule has 1 fully saturated rings. The second-order valence-electron chi connectivity index (χ2n) is 7.66. The van der Waals surface area contributed by atoms with Gasteiger partial charge >= 0.3 is 11.8 Å².